The lowest BCUT2D eigenvalue weighted by Crippen LogP contribution is -2.57. The van der Waals surface area contributed by atoms with E-state index in [0.29, 0.717) is 32.0 Å². The Morgan fingerprint density at radius 2 is 2.04 bits per heavy atom. The molecule has 2 saturated heterocycles. The van der Waals surface area contributed by atoms with Gasteiger partial charge in [-0.1, -0.05) is 0 Å². The Balaban J connectivity index is 1.61. The van der Waals surface area contributed by atoms with Gasteiger partial charge < -0.3 is 14.5 Å². The van der Waals surface area contributed by atoms with Crippen molar-refractivity contribution in [2.45, 2.75) is 59.0 Å². The third-order valence-electron chi connectivity index (χ3n) is 6.27. The molecule has 27 heavy (non-hydrogen) atoms. The molecule has 0 spiro atoms. The first-order chi connectivity index (χ1) is 12.9. The molecular weight excluding hydrogens is 344 g/mol. The maximum atomic E-state index is 12.8. The van der Waals surface area contributed by atoms with Gasteiger partial charge in [-0.25, -0.2) is 0 Å². The van der Waals surface area contributed by atoms with Gasteiger partial charge in [-0.2, -0.15) is 5.10 Å². The summed E-state index contributed by atoms with van der Waals surface area (Å²) in [6.45, 7) is 9.23. The van der Waals surface area contributed by atoms with Crippen molar-refractivity contribution in [2.75, 3.05) is 33.4 Å². The molecule has 3 rings (SSSR count). The number of piperidine rings is 2. The second kappa shape index (κ2) is 8.42. The van der Waals surface area contributed by atoms with Gasteiger partial charge in [0, 0.05) is 51.5 Å². The summed E-state index contributed by atoms with van der Waals surface area (Å²) in [7, 11) is 1.69. The number of aryl methyl sites for hydroxylation is 1. The van der Waals surface area contributed by atoms with Gasteiger partial charge in [0.15, 0.2) is 0 Å². The monoisotopic (exact) mass is 376 g/mol. The summed E-state index contributed by atoms with van der Waals surface area (Å²) < 4.78 is 6.95. The lowest BCUT2D eigenvalue weighted by atomic mass is 9.83. The summed E-state index contributed by atoms with van der Waals surface area (Å²) in [6, 6.07) is 0.267. The zero-order valence-electron chi connectivity index (χ0n) is 17.0. The van der Waals surface area contributed by atoms with Gasteiger partial charge in [-0.3, -0.25) is 14.3 Å². The fourth-order valence-corrected chi connectivity index (χ4v) is 4.42. The van der Waals surface area contributed by atoms with Crippen LogP contribution < -0.4 is 0 Å². The number of likely N-dealkylation sites (tertiary alicyclic amines) is 2. The molecule has 2 atom stereocenters. The Hall–Kier alpha value is -1.89. The van der Waals surface area contributed by atoms with Crippen LogP contribution in [0, 0.1) is 26.7 Å². The fraction of sp³-hybridized carbons (Fsp3) is 0.750. The van der Waals surface area contributed by atoms with Crippen LogP contribution in [0.4, 0.5) is 0 Å². The van der Waals surface area contributed by atoms with Crippen molar-refractivity contribution in [3.05, 3.63) is 17.0 Å². The van der Waals surface area contributed by atoms with E-state index < -0.39 is 0 Å². The van der Waals surface area contributed by atoms with Crippen LogP contribution in [0.1, 0.15) is 42.6 Å². The van der Waals surface area contributed by atoms with Crippen LogP contribution in [0.15, 0.2) is 0 Å². The molecule has 7 heteroatoms. The highest BCUT2D eigenvalue weighted by molar-refractivity contribution is 5.78. The van der Waals surface area contributed by atoms with E-state index in [1.54, 1.807) is 7.11 Å². The Morgan fingerprint density at radius 1 is 1.26 bits per heavy atom. The summed E-state index contributed by atoms with van der Waals surface area (Å²) >= 11 is 0. The second-order valence-electron chi connectivity index (χ2n) is 7.88. The van der Waals surface area contributed by atoms with Crippen LogP contribution in [-0.4, -0.2) is 70.8 Å². The lowest BCUT2D eigenvalue weighted by molar-refractivity contribution is -0.144. The smallest absolute Gasteiger partial charge is 0.244 e. The second-order valence-corrected chi connectivity index (χ2v) is 7.88. The van der Waals surface area contributed by atoms with E-state index in [2.05, 4.69) is 5.10 Å². The van der Waals surface area contributed by atoms with E-state index in [-0.39, 0.29) is 17.9 Å². The fourth-order valence-electron chi connectivity index (χ4n) is 4.42. The lowest BCUT2D eigenvalue weighted by Gasteiger charge is -2.47. The van der Waals surface area contributed by atoms with Gasteiger partial charge >= 0.3 is 0 Å². The molecule has 2 fully saturated rings. The average Bonchev–Trinajstić information content (AvgIpc) is 2.90. The molecule has 0 saturated carbocycles. The molecule has 1 aromatic rings. The number of methoxy groups -OCH3 is 1. The summed E-state index contributed by atoms with van der Waals surface area (Å²) in [6.07, 6.45) is 3.20. The minimum atomic E-state index is 0.127. The first kappa shape index (κ1) is 19.9. The summed E-state index contributed by atoms with van der Waals surface area (Å²) in [5.74, 6) is 0.761. The highest BCUT2D eigenvalue weighted by Crippen LogP contribution is 2.31. The highest BCUT2D eigenvalue weighted by atomic mass is 16.5. The number of ether oxygens (including phenoxy) is 1. The third-order valence-corrected chi connectivity index (χ3v) is 6.27. The van der Waals surface area contributed by atoms with Crippen molar-refractivity contribution in [1.29, 1.82) is 0 Å². The average molecular weight is 377 g/mol. The number of hydrogen-bond acceptors (Lipinski definition) is 4. The molecule has 3 heterocycles. The molecule has 0 unspecified atom stereocenters. The van der Waals surface area contributed by atoms with Crippen molar-refractivity contribution >= 4 is 11.8 Å². The highest BCUT2D eigenvalue weighted by Gasteiger charge is 2.40. The van der Waals surface area contributed by atoms with Gasteiger partial charge in [-0.05, 0) is 51.5 Å². The minimum absolute atomic E-state index is 0.127. The van der Waals surface area contributed by atoms with Crippen LogP contribution in [0.25, 0.3) is 0 Å². The summed E-state index contributed by atoms with van der Waals surface area (Å²) in [5.41, 5.74) is 3.19. The maximum absolute atomic E-state index is 12.8. The van der Waals surface area contributed by atoms with Crippen molar-refractivity contribution < 1.29 is 14.3 Å². The van der Waals surface area contributed by atoms with E-state index in [1.807, 2.05) is 35.3 Å². The molecule has 0 aliphatic carbocycles. The van der Waals surface area contributed by atoms with Gasteiger partial charge in [0.1, 0.15) is 6.54 Å². The van der Waals surface area contributed by atoms with Crippen LogP contribution in [0.3, 0.4) is 0 Å². The van der Waals surface area contributed by atoms with Gasteiger partial charge in [-0.15, -0.1) is 0 Å². The number of carbonyl (C=O) groups is 2. The largest absolute Gasteiger partial charge is 0.385 e. The number of hydrogen-bond donors (Lipinski definition) is 0. The van der Waals surface area contributed by atoms with Gasteiger partial charge in [0.25, 0.3) is 0 Å². The van der Waals surface area contributed by atoms with E-state index in [1.165, 1.54) is 0 Å². The molecule has 0 bridgehead atoms. The molecule has 0 aromatic carbocycles. The number of fused-ring (bicyclic) bond motifs is 1. The van der Waals surface area contributed by atoms with Crippen LogP contribution in [0.2, 0.25) is 0 Å². The summed E-state index contributed by atoms with van der Waals surface area (Å²) in [4.78, 5) is 29.2. The molecule has 1 aromatic heterocycles. The first-order valence-electron chi connectivity index (χ1n) is 9.99. The van der Waals surface area contributed by atoms with Crippen molar-refractivity contribution in [1.82, 2.24) is 19.6 Å². The van der Waals surface area contributed by atoms with E-state index >= 15 is 0 Å². The maximum Gasteiger partial charge on any atom is 0.244 e. The zero-order chi connectivity index (χ0) is 19.6. The quantitative estimate of drug-likeness (QED) is 0.709. The molecular formula is C20H32N4O3. The SMILES string of the molecule is COCCCN1C(=O)CC[C@H]2CN(C(=O)Cn3nc(C)c(C)c3C)CC[C@H]21. The number of amides is 2. The van der Waals surface area contributed by atoms with Crippen LogP contribution in [-0.2, 0) is 20.9 Å². The zero-order valence-corrected chi connectivity index (χ0v) is 17.0. The number of rotatable bonds is 6. The summed E-state index contributed by atoms with van der Waals surface area (Å²) in [5, 5.41) is 4.49. The normalized spacial score (nSPS) is 22.9. The Kier molecular flexibility index (Phi) is 6.19. The minimum Gasteiger partial charge on any atom is -0.385 e. The van der Waals surface area contributed by atoms with E-state index in [4.69, 9.17) is 4.74 Å². The number of aromatic nitrogens is 2. The number of nitrogens with zero attached hydrogens (tertiary/aromatic N) is 4. The standard InChI is InChI=1S/C20H32N4O3/c1-14-15(2)21-24(16(14)3)13-20(26)22-10-8-18-17(12-22)6-7-19(25)23(18)9-5-11-27-4/h17-18H,5-13H2,1-4H3/t17-,18+/m0/s1. The molecule has 150 valence electrons. The van der Waals surface area contributed by atoms with Crippen LogP contribution in [0.5, 0.6) is 0 Å². The topological polar surface area (TPSA) is 67.7 Å². The van der Waals surface area contributed by atoms with Crippen molar-refractivity contribution in [3.8, 4) is 0 Å². The molecule has 2 aliphatic rings. The molecule has 2 aliphatic heterocycles. The Bertz CT molecular complexity index is 700. The van der Waals surface area contributed by atoms with Crippen molar-refractivity contribution in [3.63, 3.8) is 0 Å². The molecule has 0 N–H and O–H groups in total. The third kappa shape index (κ3) is 4.18. The van der Waals surface area contributed by atoms with E-state index in [0.717, 1.165) is 49.3 Å². The molecule has 7 nitrogen and oxygen atoms in total. The predicted molar refractivity (Wildman–Crippen MR) is 102 cm³/mol. The Morgan fingerprint density at radius 3 is 2.70 bits per heavy atom. The van der Waals surface area contributed by atoms with Gasteiger partial charge in [0.2, 0.25) is 11.8 Å². The van der Waals surface area contributed by atoms with Gasteiger partial charge in [0.05, 0.1) is 5.69 Å². The molecule has 2 amide bonds. The Labute approximate surface area is 161 Å². The predicted octanol–water partition coefficient (Wildman–Crippen LogP) is 1.68. The first-order valence-corrected chi connectivity index (χ1v) is 9.99. The van der Waals surface area contributed by atoms with E-state index in [9.17, 15) is 9.59 Å². The van der Waals surface area contributed by atoms with Crippen LogP contribution >= 0.6 is 0 Å². The molecule has 0 radical (unpaired) electrons. The van der Waals surface area contributed by atoms with Crippen molar-refractivity contribution in [2.24, 2.45) is 5.92 Å². The number of carbonyl (C=O) groups excluding carboxylic acids is 2.